The van der Waals surface area contributed by atoms with Crippen LogP contribution < -0.4 is 5.32 Å². The van der Waals surface area contributed by atoms with Gasteiger partial charge in [0, 0.05) is 0 Å². The van der Waals surface area contributed by atoms with E-state index < -0.39 is 0 Å². The molecule has 1 N–H and O–H groups in total. The van der Waals surface area contributed by atoms with Crippen LogP contribution >= 0.6 is 0 Å². The largest absolute Gasteiger partial charge is 0.307 e. The lowest BCUT2D eigenvalue weighted by Gasteiger charge is -2.36. The Morgan fingerprint density at radius 3 is 2.13 bits per heavy atom. The lowest BCUT2D eigenvalue weighted by molar-refractivity contribution is 0.424. The van der Waals surface area contributed by atoms with Gasteiger partial charge in [-0.2, -0.15) is 0 Å². The highest BCUT2D eigenvalue weighted by Crippen LogP contribution is 2.34. The minimum Gasteiger partial charge on any atom is -0.307 e. The molecule has 1 nitrogen and oxygen atoms in total. The third-order valence-electron chi connectivity index (χ3n) is 3.38. The first-order chi connectivity index (χ1) is 7.18. The second kappa shape index (κ2) is 3.82. The summed E-state index contributed by atoms with van der Waals surface area (Å²) in [4.78, 5) is 0. The number of rotatable bonds is 3. The molecule has 1 atom stereocenters. The van der Waals surface area contributed by atoms with E-state index in [4.69, 9.17) is 0 Å². The minimum atomic E-state index is 0.107. The SMILES string of the molecule is CNC1(c2ccc(C(C)C)cc2)C=CC1. The van der Waals surface area contributed by atoms with E-state index in [0.29, 0.717) is 5.92 Å². The molecule has 80 valence electrons. The Kier molecular flexibility index (Phi) is 2.66. The second-order valence-corrected chi connectivity index (χ2v) is 4.60. The Bertz CT molecular complexity index is 361. The van der Waals surface area contributed by atoms with Crippen LogP contribution in [0.2, 0.25) is 0 Å². The van der Waals surface area contributed by atoms with Crippen molar-refractivity contribution in [2.45, 2.75) is 31.7 Å². The molecule has 0 saturated carbocycles. The molecule has 0 amide bonds. The van der Waals surface area contributed by atoms with Crippen LogP contribution in [-0.4, -0.2) is 7.05 Å². The van der Waals surface area contributed by atoms with Gasteiger partial charge in [-0.3, -0.25) is 0 Å². The molecular weight excluding hydrogens is 182 g/mol. The summed E-state index contributed by atoms with van der Waals surface area (Å²) in [5.74, 6) is 0.613. The minimum absolute atomic E-state index is 0.107. The predicted molar refractivity (Wildman–Crippen MR) is 65.0 cm³/mol. The Morgan fingerprint density at radius 2 is 1.80 bits per heavy atom. The molecule has 0 radical (unpaired) electrons. The summed E-state index contributed by atoms with van der Waals surface area (Å²) < 4.78 is 0. The van der Waals surface area contributed by atoms with Crippen molar-refractivity contribution in [1.29, 1.82) is 0 Å². The smallest absolute Gasteiger partial charge is 0.0652 e. The molecule has 15 heavy (non-hydrogen) atoms. The predicted octanol–water partition coefficient (Wildman–Crippen LogP) is 3.18. The van der Waals surface area contributed by atoms with Crippen molar-refractivity contribution in [3.8, 4) is 0 Å². The molecular formula is C14H19N. The molecule has 0 aliphatic heterocycles. The lowest BCUT2D eigenvalue weighted by Crippen LogP contribution is -2.41. The number of hydrogen-bond donors (Lipinski definition) is 1. The normalized spacial score (nSPS) is 24.3. The Balaban J connectivity index is 2.27. The quantitative estimate of drug-likeness (QED) is 0.741. The molecule has 0 saturated heterocycles. The Labute approximate surface area is 92.2 Å². The first-order valence-electron chi connectivity index (χ1n) is 5.65. The third-order valence-corrected chi connectivity index (χ3v) is 3.38. The number of nitrogens with one attached hydrogen (secondary N) is 1. The van der Waals surface area contributed by atoms with Crippen LogP contribution in [0.4, 0.5) is 0 Å². The fourth-order valence-corrected chi connectivity index (χ4v) is 2.06. The molecule has 0 spiro atoms. The molecule has 0 fully saturated rings. The van der Waals surface area contributed by atoms with Gasteiger partial charge in [-0.1, -0.05) is 50.3 Å². The van der Waals surface area contributed by atoms with E-state index in [0.717, 1.165) is 6.42 Å². The molecule has 2 rings (SSSR count). The van der Waals surface area contributed by atoms with Crippen molar-refractivity contribution in [1.82, 2.24) is 5.32 Å². The first kappa shape index (κ1) is 10.4. The first-order valence-corrected chi connectivity index (χ1v) is 5.65. The number of benzene rings is 1. The average Bonchev–Trinajstić information content (AvgIpc) is 2.18. The Hall–Kier alpha value is -1.08. The highest BCUT2D eigenvalue weighted by atomic mass is 14.9. The van der Waals surface area contributed by atoms with Gasteiger partial charge >= 0.3 is 0 Å². The van der Waals surface area contributed by atoms with Gasteiger partial charge in [-0.15, -0.1) is 0 Å². The van der Waals surface area contributed by atoms with Gasteiger partial charge < -0.3 is 5.32 Å². The summed E-state index contributed by atoms with van der Waals surface area (Å²) in [5.41, 5.74) is 2.89. The summed E-state index contributed by atoms with van der Waals surface area (Å²) in [7, 11) is 2.03. The molecule has 1 aliphatic rings. The maximum atomic E-state index is 3.39. The van der Waals surface area contributed by atoms with Crippen LogP contribution in [-0.2, 0) is 5.54 Å². The molecule has 1 aromatic carbocycles. The monoisotopic (exact) mass is 201 g/mol. The van der Waals surface area contributed by atoms with Gasteiger partial charge in [0.1, 0.15) is 0 Å². The summed E-state index contributed by atoms with van der Waals surface area (Å²) in [5, 5.41) is 3.39. The molecule has 1 aromatic rings. The van der Waals surface area contributed by atoms with Crippen LogP contribution in [0.25, 0.3) is 0 Å². The topological polar surface area (TPSA) is 12.0 Å². The standard InChI is InChI=1S/C14H19N/c1-11(2)12-5-7-13(8-6-12)14(15-3)9-4-10-14/h4-9,11,15H,10H2,1-3H3. The lowest BCUT2D eigenvalue weighted by atomic mass is 9.78. The van der Waals surface area contributed by atoms with Crippen LogP contribution in [0.15, 0.2) is 36.4 Å². The van der Waals surface area contributed by atoms with Crippen molar-refractivity contribution >= 4 is 0 Å². The summed E-state index contributed by atoms with van der Waals surface area (Å²) in [6.45, 7) is 4.46. The van der Waals surface area contributed by atoms with E-state index in [-0.39, 0.29) is 5.54 Å². The Morgan fingerprint density at radius 1 is 1.20 bits per heavy atom. The van der Waals surface area contributed by atoms with Gasteiger partial charge in [0.05, 0.1) is 5.54 Å². The maximum absolute atomic E-state index is 3.39. The van der Waals surface area contributed by atoms with Crippen molar-refractivity contribution in [2.24, 2.45) is 0 Å². The van der Waals surface area contributed by atoms with Crippen LogP contribution in [0.1, 0.15) is 37.3 Å². The fraction of sp³-hybridized carbons (Fsp3) is 0.429. The van der Waals surface area contributed by atoms with E-state index in [1.807, 2.05) is 7.05 Å². The zero-order valence-corrected chi connectivity index (χ0v) is 9.75. The van der Waals surface area contributed by atoms with Crippen molar-refractivity contribution in [3.63, 3.8) is 0 Å². The fourth-order valence-electron chi connectivity index (χ4n) is 2.06. The second-order valence-electron chi connectivity index (χ2n) is 4.60. The van der Waals surface area contributed by atoms with E-state index in [9.17, 15) is 0 Å². The van der Waals surface area contributed by atoms with Crippen LogP contribution in [0.3, 0.4) is 0 Å². The summed E-state index contributed by atoms with van der Waals surface area (Å²) in [6.07, 6.45) is 5.56. The van der Waals surface area contributed by atoms with Gasteiger partial charge in [-0.25, -0.2) is 0 Å². The molecule has 1 heteroatoms. The highest BCUT2D eigenvalue weighted by molar-refractivity contribution is 5.38. The summed E-state index contributed by atoms with van der Waals surface area (Å²) in [6, 6.07) is 8.97. The summed E-state index contributed by atoms with van der Waals surface area (Å²) >= 11 is 0. The van der Waals surface area contributed by atoms with E-state index in [1.54, 1.807) is 0 Å². The van der Waals surface area contributed by atoms with Crippen LogP contribution in [0, 0.1) is 0 Å². The van der Waals surface area contributed by atoms with Crippen molar-refractivity contribution < 1.29 is 0 Å². The number of likely N-dealkylation sites (N-methyl/N-ethyl adjacent to an activating group) is 1. The van der Waals surface area contributed by atoms with E-state index in [2.05, 4.69) is 55.6 Å². The molecule has 1 aliphatic carbocycles. The van der Waals surface area contributed by atoms with Gasteiger partial charge in [0.25, 0.3) is 0 Å². The van der Waals surface area contributed by atoms with Crippen LogP contribution in [0.5, 0.6) is 0 Å². The average molecular weight is 201 g/mol. The van der Waals surface area contributed by atoms with E-state index in [1.165, 1.54) is 11.1 Å². The van der Waals surface area contributed by atoms with Gasteiger partial charge in [0.2, 0.25) is 0 Å². The van der Waals surface area contributed by atoms with Gasteiger partial charge in [0.15, 0.2) is 0 Å². The zero-order valence-electron chi connectivity index (χ0n) is 9.75. The highest BCUT2D eigenvalue weighted by Gasteiger charge is 2.31. The van der Waals surface area contributed by atoms with Crippen molar-refractivity contribution in [3.05, 3.63) is 47.5 Å². The van der Waals surface area contributed by atoms with Crippen molar-refractivity contribution in [2.75, 3.05) is 7.05 Å². The number of hydrogen-bond acceptors (Lipinski definition) is 1. The molecule has 0 aromatic heterocycles. The zero-order chi connectivity index (χ0) is 10.9. The molecule has 1 unspecified atom stereocenters. The van der Waals surface area contributed by atoms with E-state index >= 15 is 0 Å². The van der Waals surface area contributed by atoms with Gasteiger partial charge in [-0.05, 0) is 30.5 Å². The molecule has 0 heterocycles. The maximum Gasteiger partial charge on any atom is 0.0652 e. The third kappa shape index (κ3) is 1.72. The molecule has 0 bridgehead atoms.